The molecule has 3 N–H and O–H groups in total. The fourth-order valence-corrected chi connectivity index (χ4v) is 2.51. The molecule has 0 bridgehead atoms. The summed E-state index contributed by atoms with van der Waals surface area (Å²) in [7, 11) is 1.36. The van der Waals surface area contributed by atoms with Crippen molar-refractivity contribution in [2.24, 2.45) is 10.9 Å². The van der Waals surface area contributed by atoms with Crippen LogP contribution in [0.5, 0.6) is 5.75 Å². The summed E-state index contributed by atoms with van der Waals surface area (Å²) in [5, 5.41) is 11.8. The number of methoxy groups -OCH3 is 1. The number of carbonyl (C=O) groups is 1. The van der Waals surface area contributed by atoms with Gasteiger partial charge in [0.1, 0.15) is 0 Å². The summed E-state index contributed by atoms with van der Waals surface area (Å²) in [6.45, 7) is 0.493. The van der Waals surface area contributed by atoms with E-state index in [9.17, 15) is 9.18 Å². The predicted octanol–water partition coefficient (Wildman–Crippen LogP) is 1.58. The second-order valence-corrected chi connectivity index (χ2v) is 4.88. The maximum atomic E-state index is 13.7. The first-order valence-corrected chi connectivity index (χ1v) is 6.70. The van der Waals surface area contributed by atoms with E-state index in [4.69, 9.17) is 15.7 Å². The number of halogens is 1. The molecule has 1 aliphatic rings. The largest absolute Gasteiger partial charge is 0.494 e. The number of ether oxygens (including phenoxy) is 1. The lowest BCUT2D eigenvalue weighted by Crippen LogP contribution is -2.50. The number of nitrogens with zero attached hydrogens (tertiary/aromatic N) is 2. The SMILES string of the molecule is COc1ccc(C(=O)N2CCCCC2C(N)=NO)cc1F. The van der Waals surface area contributed by atoms with Crippen LogP contribution in [0.25, 0.3) is 0 Å². The Morgan fingerprint density at radius 3 is 2.90 bits per heavy atom. The van der Waals surface area contributed by atoms with Gasteiger partial charge in [-0.05, 0) is 37.5 Å². The Hall–Kier alpha value is -2.31. The zero-order valence-corrected chi connectivity index (χ0v) is 11.8. The molecule has 1 aliphatic heterocycles. The summed E-state index contributed by atoms with van der Waals surface area (Å²) in [5.41, 5.74) is 5.86. The number of oxime groups is 1. The van der Waals surface area contributed by atoms with E-state index >= 15 is 0 Å². The smallest absolute Gasteiger partial charge is 0.254 e. The van der Waals surface area contributed by atoms with Gasteiger partial charge in [-0.1, -0.05) is 5.16 Å². The van der Waals surface area contributed by atoms with Crippen molar-refractivity contribution >= 4 is 11.7 Å². The van der Waals surface area contributed by atoms with Gasteiger partial charge in [0.05, 0.1) is 13.2 Å². The van der Waals surface area contributed by atoms with E-state index in [1.165, 1.54) is 24.1 Å². The number of amides is 1. The van der Waals surface area contributed by atoms with Crippen molar-refractivity contribution in [2.75, 3.05) is 13.7 Å². The third kappa shape index (κ3) is 3.07. The Morgan fingerprint density at radius 2 is 2.29 bits per heavy atom. The zero-order valence-electron chi connectivity index (χ0n) is 11.8. The average molecular weight is 295 g/mol. The second-order valence-electron chi connectivity index (χ2n) is 4.88. The number of likely N-dealkylation sites (tertiary alicyclic amines) is 1. The van der Waals surface area contributed by atoms with E-state index in [0.29, 0.717) is 13.0 Å². The van der Waals surface area contributed by atoms with Crippen molar-refractivity contribution in [3.05, 3.63) is 29.6 Å². The van der Waals surface area contributed by atoms with E-state index in [1.54, 1.807) is 0 Å². The van der Waals surface area contributed by atoms with Crippen molar-refractivity contribution in [2.45, 2.75) is 25.3 Å². The topological polar surface area (TPSA) is 88.2 Å². The van der Waals surface area contributed by atoms with Gasteiger partial charge in [0, 0.05) is 12.1 Å². The predicted molar refractivity (Wildman–Crippen MR) is 75.0 cm³/mol. The minimum Gasteiger partial charge on any atom is -0.494 e. The monoisotopic (exact) mass is 295 g/mol. The van der Waals surface area contributed by atoms with Gasteiger partial charge in [-0.3, -0.25) is 4.79 Å². The molecule has 114 valence electrons. The molecule has 21 heavy (non-hydrogen) atoms. The van der Waals surface area contributed by atoms with Gasteiger partial charge in [-0.25, -0.2) is 4.39 Å². The van der Waals surface area contributed by atoms with E-state index in [2.05, 4.69) is 5.16 Å². The molecule has 1 heterocycles. The normalized spacial score (nSPS) is 19.4. The minimum atomic E-state index is -0.597. The van der Waals surface area contributed by atoms with Crippen LogP contribution in [0.15, 0.2) is 23.4 Å². The fourth-order valence-electron chi connectivity index (χ4n) is 2.51. The standard InChI is InChI=1S/C14H18FN3O3/c1-21-12-6-5-9(8-10(12)15)14(19)18-7-3-2-4-11(18)13(16)17-20/h5-6,8,11,20H,2-4,7H2,1H3,(H2,16,17). The van der Waals surface area contributed by atoms with Gasteiger partial charge >= 0.3 is 0 Å². The first-order chi connectivity index (χ1) is 10.1. The van der Waals surface area contributed by atoms with Gasteiger partial charge in [0.2, 0.25) is 0 Å². The van der Waals surface area contributed by atoms with Crippen molar-refractivity contribution in [1.82, 2.24) is 4.90 Å². The molecule has 1 aromatic carbocycles. The minimum absolute atomic E-state index is 0.00275. The number of carbonyl (C=O) groups excluding carboxylic acids is 1. The Bertz CT molecular complexity index is 562. The lowest BCUT2D eigenvalue weighted by molar-refractivity contribution is 0.0676. The molecule has 6 nitrogen and oxygen atoms in total. The number of benzene rings is 1. The third-order valence-corrected chi connectivity index (χ3v) is 3.62. The Balaban J connectivity index is 2.26. The first kappa shape index (κ1) is 15.1. The second kappa shape index (κ2) is 6.43. The summed E-state index contributed by atoms with van der Waals surface area (Å²) < 4.78 is 18.5. The van der Waals surface area contributed by atoms with Crippen molar-refractivity contribution in [1.29, 1.82) is 0 Å². The summed E-state index contributed by atoms with van der Waals surface area (Å²) in [6.07, 6.45) is 2.35. The molecule has 0 aliphatic carbocycles. The lowest BCUT2D eigenvalue weighted by Gasteiger charge is -2.34. The molecule has 0 spiro atoms. The van der Waals surface area contributed by atoms with E-state index in [-0.39, 0.29) is 23.1 Å². The molecule has 1 aromatic rings. The Morgan fingerprint density at radius 1 is 1.52 bits per heavy atom. The van der Waals surface area contributed by atoms with Crippen LogP contribution in [0.2, 0.25) is 0 Å². The van der Waals surface area contributed by atoms with E-state index < -0.39 is 11.9 Å². The van der Waals surface area contributed by atoms with Gasteiger partial charge < -0.3 is 20.6 Å². The molecule has 0 radical (unpaired) electrons. The Labute approximate surface area is 122 Å². The van der Waals surface area contributed by atoms with Crippen LogP contribution in [0.1, 0.15) is 29.6 Å². The number of hydrogen-bond acceptors (Lipinski definition) is 4. The van der Waals surface area contributed by atoms with Crippen LogP contribution in [-0.4, -0.2) is 41.5 Å². The quantitative estimate of drug-likeness (QED) is 0.383. The average Bonchev–Trinajstić information content (AvgIpc) is 2.53. The molecular formula is C14H18FN3O3. The van der Waals surface area contributed by atoms with Crippen LogP contribution in [0.3, 0.4) is 0 Å². The van der Waals surface area contributed by atoms with Gasteiger partial charge in [0.15, 0.2) is 17.4 Å². The van der Waals surface area contributed by atoms with Crippen LogP contribution in [0.4, 0.5) is 4.39 Å². The third-order valence-electron chi connectivity index (χ3n) is 3.62. The highest BCUT2D eigenvalue weighted by molar-refractivity contribution is 5.98. The maximum absolute atomic E-state index is 13.7. The Kier molecular flexibility index (Phi) is 4.62. The van der Waals surface area contributed by atoms with Crippen LogP contribution >= 0.6 is 0 Å². The van der Waals surface area contributed by atoms with Gasteiger partial charge in [0.25, 0.3) is 5.91 Å². The zero-order chi connectivity index (χ0) is 15.4. The van der Waals surface area contributed by atoms with Crippen molar-refractivity contribution in [3.8, 4) is 5.75 Å². The molecule has 1 fully saturated rings. The molecule has 0 saturated carbocycles. The highest BCUT2D eigenvalue weighted by Crippen LogP contribution is 2.23. The summed E-state index contributed by atoms with van der Waals surface area (Å²) in [6, 6.07) is 3.59. The number of hydrogen-bond donors (Lipinski definition) is 2. The number of piperidine rings is 1. The molecule has 1 unspecified atom stereocenters. The van der Waals surface area contributed by atoms with Gasteiger partial charge in [-0.15, -0.1) is 0 Å². The first-order valence-electron chi connectivity index (χ1n) is 6.70. The number of rotatable bonds is 3. The molecule has 1 atom stereocenters. The number of nitrogens with two attached hydrogens (primary N) is 1. The van der Waals surface area contributed by atoms with Crippen LogP contribution in [-0.2, 0) is 0 Å². The summed E-state index contributed by atoms with van der Waals surface area (Å²) in [5.74, 6) is -0.858. The summed E-state index contributed by atoms with van der Waals surface area (Å²) in [4.78, 5) is 14.0. The van der Waals surface area contributed by atoms with Crippen LogP contribution in [0, 0.1) is 5.82 Å². The van der Waals surface area contributed by atoms with Gasteiger partial charge in [-0.2, -0.15) is 0 Å². The molecule has 1 saturated heterocycles. The van der Waals surface area contributed by atoms with E-state index in [1.807, 2.05) is 0 Å². The molecular weight excluding hydrogens is 277 g/mol. The fraction of sp³-hybridized carbons (Fsp3) is 0.429. The summed E-state index contributed by atoms with van der Waals surface area (Å²) >= 11 is 0. The molecule has 7 heteroatoms. The highest BCUT2D eigenvalue weighted by Gasteiger charge is 2.30. The molecule has 2 rings (SSSR count). The molecule has 0 aromatic heterocycles. The van der Waals surface area contributed by atoms with Crippen molar-refractivity contribution < 1.29 is 19.1 Å². The van der Waals surface area contributed by atoms with E-state index in [0.717, 1.165) is 18.9 Å². The molecule has 1 amide bonds. The van der Waals surface area contributed by atoms with Crippen LogP contribution < -0.4 is 10.5 Å². The highest BCUT2D eigenvalue weighted by atomic mass is 19.1. The van der Waals surface area contributed by atoms with Crippen molar-refractivity contribution in [3.63, 3.8) is 0 Å². The maximum Gasteiger partial charge on any atom is 0.254 e. The lowest BCUT2D eigenvalue weighted by atomic mass is 10.00. The number of amidine groups is 1.